The molecule has 2 aromatic rings. The van der Waals surface area contributed by atoms with Crippen molar-refractivity contribution in [1.82, 2.24) is 30.7 Å². The summed E-state index contributed by atoms with van der Waals surface area (Å²) in [5.41, 5.74) is 0. The third kappa shape index (κ3) is 3.08. The maximum Gasteiger partial charge on any atom is 0.233 e. The number of H-pyrrole nitrogens is 1. The van der Waals surface area contributed by atoms with E-state index in [2.05, 4.69) is 43.0 Å². The molecule has 3 heterocycles. The molecule has 2 bridgehead atoms. The van der Waals surface area contributed by atoms with Crippen LogP contribution in [0.4, 0.5) is 0 Å². The van der Waals surface area contributed by atoms with Crippen LogP contribution < -0.4 is 10.6 Å². The third-order valence-corrected chi connectivity index (χ3v) is 6.11. The lowest BCUT2D eigenvalue weighted by Gasteiger charge is -2.18. The lowest BCUT2D eigenvalue weighted by Crippen LogP contribution is -2.43. The zero-order chi connectivity index (χ0) is 20.7. The summed E-state index contributed by atoms with van der Waals surface area (Å²) in [6, 6.07) is 3.57. The first-order valence-electron chi connectivity index (χ1n) is 10.1. The van der Waals surface area contributed by atoms with E-state index in [1.165, 1.54) is 4.90 Å². The molecule has 2 fully saturated rings. The molecule has 0 aromatic carbocycles. The number of guanidine groups is 1. The highest BCUT2D eigenvalue weighted by atomic mass is 16.3. The van der Waals surface area contributed by atoms with Gasteiger partial charge in [0.2, 0.25) is 17.6 Å². The number of allylic oxidation sites excluding steroid dienone is 2. The number of likely N-dealkylation sites (tertiary alicyclic amines) is 1. The first-order chi connectivity index (χ1) is 14.7. The predicted octanol–water partition coefficient (Wildman–Crippen LogP) is 0.537. The van der Waals surface area contributed by atoms with Crippen LogP contribution in [0, 0.1) is 23.7 Å². The Hall–Kier alpha value is -3.43. The number of nitrogens with zero attached hydrogens (tertiary/aromatic N) is 4. The first kappa shape index (κ1) is 18.6. The fourth-order valence-electron chi connectivity index (χ4n) is 4.75. The number of imide groups is 1. The van der Waals surface area contributed by atoms with Crippen molar-refractivity contribution < 1.29 is 14.0 Å². The lowest BCUT2D eigenvalue weighted by atomic mass is 9.85. The van der Waals surface area contributed by atoms with Gasteiger partial charge >= 0.3 is 0 Å². The summed E-state index contributed by atoms with van der Waals surface area (Å²) >= 11 is 0. The molecule has 2 amide bonds. The molecule has 30 heavy (non-hydrogen) atoms. The van der Waals surface area contributed by atoms with Crippen molar-refractivity contribution >= 4 is 17.8 Å². The number of rotatable bonds is 6. The topological polar surface area (TPSA) is 129 Å². The van der Waals surface area contributed by atoms with Crippen LogP contribution in [0.25, 0.3) is 11.6 Å². The van der Waals surface area contributed by atoms with Gasteiger partial charge in [-0.1, -0.05) is 12.2 Å². The van der Waals surface area contributed by atoms with Crippen LogP contribution in [0.5, 0.6) is 0 Å². The van der Waals surface area contributed by atoms with E-state index in [-0.39, 0.29) is 35.5 Å². The van der Waals surface area contributed by atoms with Crippen LogP contribution in [0.3, 0.4) is 0 Å². The Labute approximate surface area is 172 Å². The molecule has 0 radical (unpaired) electrons. The van der Waals surface area contributed by atoms with Gasteiger partial charge in [0.1, 0.15) is 5.82 Å². The van der Waals surface area contributed by atoms with Crippen LogP contribution in [0.15, 0.2) is 40.0 Å². The largest absolute Gasteiger partial charge is 0.461 e. The molecule has 5 rings (SSSR count). The maximum atomic E-state index is 12.7. The van der Waals surface area contributed by atoms with Crippen molar-refractivity contribution in [3.05, 3.63) is 36.4 Å². The number of hydrogen-bond donors (Lipinski definition) is 3. The molecule has 4 atom stereocenters. The highest BCUT2D eigenvalue weighted by Gasteiger charge is 2.58. The second-order valence-corrected chi connectivity index (χ2v) is 7.76. The molecule has 2 aliphatic carbocycles. The smallest absolute Gasteiger partial charge is 0.233 e. The summed E-state index contributed by atoms with van der Waals surface area (Å²) in [5.74, 6) is 2.36. The first-order valence-corrected chi connectivity index (χ1v) is 10.1. The normalized spacial score (nSPS) is 27.2. The molecule has 3 N–H and O–H groups in total. The Bertz CT molecular complexity index is 980. The lowest BCUT2D eigenvalue weighted by molar-refractivity contribution is -0.140. The van der Waals surface area contributed by atoms with Crippen LogP contribution in [0.2, 0.25) is 0 Å². The summed E-state index contributed by atoms with van der Waals surface area (Å²) in [6.07, 6.45) is 6.72. The number of carbonyl (C=O) groups is 2. The van der Waals surface area contributed by atoms with Gasteiger partial charge in [0, 0.05) is 20.1 Å². The SMILES string of the molecule is CN=C(NCCN1C(=O)C2C3C=CC(C3)C2C1=O)NCc1nc(-c2ccco2)n[nH]1. The van der Waals surface area contributed by atoms with Gasteiger partial charge in [-0.3, -0.25) is 24.6 Å². The van der Waals surface area contributed by atoms with E-state index in [4.69, 9.17) is 4.42 Å². The number of carbonyl (C=O) groups excluding carboxylic acids is 2. The van der Waals surface area contributed by atoms with Gasteiger partial charge in [0.15, 0.2) is 11.7 Å². The van der Waals surface area contributed by atoms with Crippen molar-refractivity contribution in [1.29, 1.82) is 0 Å². The second kappa shape index (κ2) is 7.43. The Morgan fingerprint density at radius 3 is 2.70 bits per heavy atom. The van der Waals surface area contributed by atoms with Gasteiger partial charge in [-0.05, 0) is 30.4 Å². The molecule has 1 saturated heterocycles. The van der Waals surface area contributed by atoms with Crippen LogP contribution in [-0.4, -0.2) is 58.0 Å². The summed E-state index contributed by atoms with van der Waals surface area (Å²) in [4.78, 5) is 35.4. The average Bonchev–Trinajstić information content (AvgIpc) is 3.55. The van der Waals surface area contributed by atoms with Gasteiger partial charge in [0.25, 0.3) is 0 Å². The van der Waals surface area contributed by atoms with Crippen molar-refractivity contribution in [2.45, 2.75) is 13.0 Å². The number of amides is 2. The van der Waals surface area contributed by atoms with Gasteiger partial charge in [-0.15, -0.1) is 5.10 Å². The molecular formula is C20H23N7O3. The van der Waals surface area contributed by atoms with E-state index >= 15 is 0 Å². The molecule has 1 aliphatic heterocycles. The zero-order valence-electron chi connectivity index (χ0n) is 16.5. The van der Waals surface area contributed by atoms with Crippen molar-refractivity contribution in [3.63, 3.8) is 0 Å². The Kier molecular flexibility index (Phi) is 4.61. The predicted molar refractivity (Wildman–Crippen MR) is 107 cm³/mol. The van der Waals surface area contributed by atoms with Crippen LogP contribution in [0.1, 0.15) is 12.2 Å². The van der Waals surface area contributed by atoms with Crippen molar-refractivity contribution in [2.75, 3.05) is 20.1 Å². The summed E-state index contributed by atoms with van der Waals surface area (Å²) in [7, 11) is 1.66. The second-order valence-electron chi connectivity index (χ2n) is 7.76. The number of fused-ring (bicyclic) bond motifs is 5. The number of furan rings is 1. The Balaban J connectivity index is 1.11. The third-order valence-electron chi connectivity index (χ3n) is 6.11. The zero-order valence-corrected chi connectivity index (χ0v) is 16.5. The standard InChI is InChI=1S/C20H23N7O3/c1-21-20(23-10-14-24-17(26-25-14)13-3-2-8-30-13)22-6-7-27-18(28)15-11-4-5-12(9-11)16(15)19(27)29/h2-5,8,11-12,15-16H,6-7,9-10H2,1H3,(H2,21,22,23)(H,24,25,26). The van der Waals surface area contributed by atoms with E-state index in [0.29, 0.717) is 43.0 Å². The minimum atomic E-state index is -0.153. The van der Waals surface area contributed by atoms with Crippen LogP contribution in [-0.2, 0) is 16.1 Å². The number of nitrogens with one attached hydrogen (secondary N) is 3. The average molecular weight is 409 g/mol. The van der Waals surface area contributed by atoms with Crippen molar-refractivity contribution in [2.24, 2.45) is 28.7 Å². The molecule has 2 aromatic heterocycles. The van der Waals surface area contributed by atoms with E-state index in [0.717, 1.165) is 6.42 Å². The molecule has 4 unspecified atom stereocenters. The molecule has 1 saturated carbocycles. The number of hydrogen-bond acceptors (Lipinski definition) is 6. The van der Waals surface area contributed by atoms with E-state index in [9.17, 15) is 9.59 Å². The van der Waals surface area contributed by atoms with E-state index < -0.39 is 0 Å². The molecule has 10 nitrogen and oxygen atoms in total. The number of aromatic amines is 1. The summed E-state index contributed by atoms with van der Waals surface area (Å²) < 4.78 is 5.28. The molecule has 10 heteroatoms. The maximum absolute atomic E-state index is 12.7. The van der Waals surface area contributed by atoms with E-state index in [1.54, 1.807) is 25.4 Å². The Morgan fingerprint density at radius 2 is 2.03 bits per heavy atom. The quantitative estimate of drug-likeness (QED) is 0.275. The minimum Gasteiger partial charge on any atom is -0.461 e. The molecular weight excluding hydrogens is 386 g/mol. The highest BCUT2D eigenvalue weighted by molar-refractivity contribution is 6.06. The highest BCUT2D eigenvalue weighted by Crippen LogP contribution is 2.52. The van der Waals surface area contributed by atoms with Gasteiger partial charge < -0.3 is 15.1 Å². The molecule has 0 spiro atoms. The molecule has 156 valence electrons. The monoisotopic (exact) mass is 409 g/mol. The Morgan fingerprint density at radius 1 is 1.27 bits per heavy atom. The summed E-state index contributed by atoms with van der Waals surface area (Å²) in [6.45, 7) is 1.14. The minimum absolute atomic E-state index is 0.0290. The van der Waals surface area contributed by atoms with Gasteiger partial charge in [-0.2, -0.15) is 0 Å². The van der Waals surface area contributed by atoms with Gasteiger partial charge in [-0.25, -0.2) is 4.98 Å². The number of aromatic nitrogens is 3. The van der Waals surface area contributed by atoms with Gasteiger partial charge in [0.05, 0.1) is 24.6 Å². The van der Waals surface area contributed by atoms with Crippen molar-refractivity contribution in [3.8, 4) is 11.6 Å². The fraction of sp³-hybridized carbons (Fsp3) is 0.450. The fourth-order valence-corrected chi connectivity index (χ4v) is 4.75. The number of aliphatic imine (C=N–C) groups is 1. The van der Waals surface area contributed by atoms with E-state index in [1.807, 2.05) is 0 Å². The molecule has 3 aliphatic rings. The van der Waals surface area contributed by atoms with Crippen LogP contribution >= 0.6 is 0 Å². The summed E-state index contributed by atoms with van der Waals surface area (Å²) in [5, 5.41) is 13.2.